The molecule has 8 nitrogen and oxygen atoms in total. The van der Waals surface area contributed by atoms with Crippen molar-refractivity contribution in [2.75, 3.05) is 5.32 Å². The van der Waals surface area contributed by atoms with Crippen molar-refractivity contribution in [3.8, 4) is 11.1 Å². The number of oxime groups is 1. The fourth-order valence-electron chi connectivity index (χ4n) is 3.40. The number of alkyl halides is 3. The number of amidine groups is 1. The van der Waals surface area contributed by atoms with Crippen LogP contribution in [0.1, 0.15) is 23.6 Å². The van der Waals surface area contributed by atoms with Gasteiger partial charge >= 0.3 is 6.18 Å². The Kier molecular flexibility index (Phi) is 8.42. The van der Waals surface area contributed by atoms with Gasteiger partial charge in [-0.25, -0.2) is 8.60 Å². The van der Waals surface area contributed by atoms with Crippen LogP contribution in [0.2, 0.25) is 0 Å². The first-order valence-electron chi connectivity index (χ1n) is 10.3. The van der Waals surface area contributed by atoms with Crippen LogP contribution in [0, 0.1) is 0 Å². The number of hydrogen-bond acceptors (Lipinski definition) is 6. The monoisotopic (exact) mass is 536 g/mol. The van der Waals surface area contributed by atoms with Crippen LogP contribution in [-0.2, 0) is 26.3 Å². The van der Waals surface area contributed by atoms with Crippen molar-refractivity contribution in [3.05, 3.63) is 89.2 Å². The highest BCUT2D eigenvalue weighted by Gasteiger charge is 2.35. The molecular formula is C24H20F4N4O4S. The Balaban J connectivity index is 2.00. The van der Waals surface area contributed by atoms with Crippen molar-refractivity contribution >= 4 is 34.1 Å². The molecule has 0 saturated carbocycles. The minimum Gasteiger partial charge on any atom is -0.409 e. The molecular weight excluding hydrogens is 516 g/mol. The van der Waals surface area contributed by atoms with Gasteiger partial charge in [0.15, 0.2) is 11.7 Å². The summed E-state index contributed by atoms with van der Waals surface area (Å²) in [5.41, 5.74) is 3.98. The zero-order chi connectivity index (χ0) is 27.3. The lowest BCUT2D eigenvalue weighted by Gasteiger charge is -2.16. The zero-order valence-electron chi connectivity index (χ0n) is 19.0. The predicted octanol–water partition coefficient (Wildman–Crippen LogP) is 4.72. The van der Waals surface area contributed by atoms with Crippen LogP contribution < -0.4 is 16.9 Å². The third kappa shape index (κ3) is 6.20. The van der Waals surface area contributed by atoms with E-state index in [2.05, 4.69) is 9.44 Å². The predicted molar refractivity (Wildman–Crippen MR) is 130 cm³/mol. The average molecular weight is 537 g/mol. The lowest BCUT2D eigenvalue weighted by molar-refractivity contribution is -0.136. The van der Waals surface area contributed by atoms with Crippen molar-refractivity contribution in [1.29, 1.82) is 0 Å². The summed E-state index contributed by atoms with van der Waals surface area (Å²) in [5.74, 6) is 1.96. The Morgan fingerprint density at radius 1 is 1.05 bits per heavy atom. The molecule has 0 aliphatic heterocycles. The molecule has 1 amide bonds. The summed E-state index contributed by atoms with van der Waals surface area (Å²) in [5, 5.41) is 13.6. The molecule has 0 spiro atoms. The van der Waals surface area contributed by atoms with E-state index in [1.165, 1.54) is 61.5 Å². The Bertz CT molecular complexity index is 1420. The fourth-order valence-corrected chi connectivity index (χ4v) is 4.06. The van der Waals surface area contributed by atoms with E-state index < -0.39 is 40.2 Å². The molecule has 0 bridgehead atoms. The van der Waals surface area contributed by atoms with Gasteiger partial charge in [0.05, 0.1) is 16.1 Å². The van der Waals surface area contributed by atoms with Gasteiger partial charge in [0.2, 0.25) is 11.1 Å². The summed E-state index contributed by atoms with van der Waals surface area (Å²) in [4.78, 5) is 12.6. The number of benzene rings is 3. The van der Waals surface area contributed by atoms with E-state index in [-0.39, 0.29) is 38.6 Å². The SMILES string of the molecule is CC(=C(F)C(=O)Nc1ccc(-c2ccccc2S(=O)ON)cc1C(F)(F)F)c1cccc(C(N)=NO)c1. The quantitative estimate of drug-likeness (QED) is 0.0861. The number of anilines is 1. The molecule has 0 heterocycles. The number of amides is 1. The molecule has 0 aliphatic rings. The number of carbonyl (C=O) groups excluding carboxylic acids is 1. The minimum atomic E-state index is -4.93. The van der Waals surface area contributed by atoms with Gasteiger partial charge in [-0.15, -0.1) is 0 Å². The van der Waals surface area contributed by atoms with E-state index in [1.54, 1.807) is 0 Å². The molecule has 194 valence electrons. The third-order valence-electron chi connectivity index (χ3n) is 5.27. The molecule has 0 radical (unpaired) electrons. The van der Waals surface area contributed by atoms with Crippen LogP contribution in [0.3, 0.4) is 0 Å². The van der Waals surface area contributed by atoms with Crippen molar-refractivity contribution in [1.82, 2.24) is 0 Å². The van der Waals surface area contributed by atoms with Crippen LogP contribution in [0.5, 0.6) is 0 Å². The molecule has 0 fully saturated rings. The molecule has 0 aromatic heterocycles. The molecule has 3 aromatic carbocycles. The second-order valence-corrected chi connectivity index (χ2v) is 8.65. The topological polar surface area (TPSA) is 140 Å². The normalized spacial score (nSPS) is 13.6. The smallest absolute Gasteiger partial charge is 0.409 e. The van der Waals surface area contributed by atoms with Crippen LogP contribution in [0.4, 0.5) is 23.2 Å². The summed E-state index contributed by atoms with van der Waals surface area (Å²) >= 11 is -2.14. The van der Waals surface area contributed by atoms with Gasteiger partial charge < -0.3 is 16.3 Å². The highest BCUT2D eigenvalue weighted by molar-refractivity contribution is 7.80. The number of allylic oxidation sites excluding steroid dienone is 1. The highest BCUT2D eigenvalue weighted by Crippen LogP contribution is 2.39. The number of carbonyl (C=O) groups is 1. The first-order valence-corrected chi connectivity index (χ1v) is 11.4. The molecule has 1 unspecified atom stereocenters. The number of nitrogens with one attached hydrogen (secondary N) is 1. The average Bonchev–Trinajstić information content (AvgIpc) is 2.90. The molecule has 0 saturated heterocycles. The Hall–Kier alpha value is -4.07. The fraction of sp³-hybridized carbons (Fsp3) is 0.0833. The summed E-state index contributed by atoms with van der Waals surface area (Å²) in [6.45, 7) is 1.25. The van der Waals surface area contributed by atoms with E-state index in [9.17, 15) is 26.6 Å². The van der Waals surface area contributed by atoms with Gasteiger partial charge in [-0.3, -0.25) is 4.79 Å². The molecule has 1 atom stereocenters. The van der Waals surface area contributed by atoms with Crippen LogP contribution in [0.25, 0.3) is 16.7 Å². The van der Waals surface area contributed by atoms with Crippen LogP contribution in [-0.4, -0.2) is 21.2 Å². The van der Waals surface area contributed by atoms with Crippen molar-refractivity contribution in [2.45, 2.75) is 18.0 Å². The van der Waals surface area contributed by atoms with E-state index in [1.807, 2.05) is 5.32 Å². The van der Waals surface area contributed by atoms with Gasteiger partial charge in [-0.1, -0.05) is 47.6 Å². The highest BCUT2D eigenvalue weighted by atomic mass is 32.2. The summed E-state index contributed by atoms with van der Waals surface area (Å²) in [7, 11) is 0. The Morgan fingerprint density at radius 2 is 1.73 bits per heavy atom. The number of nitrogens with zero attached hydrogens (tertiary/aromatic N) is 1. The standard InChI is InChI=1S/C24H20F4N4O4S/c1-13(14-5-4-6-16(11-14)22(29)32-34)21(25)23(33)31-19-10-9-15(12-18(19)24(26,27)28)17-7-2-3-8-20(17)37(35)36-30/h2-12,34H,30H2,1H3,(H2,29,32)(H,31,33). The number of halogens is 4. The summed E-state index contributed by atoms with van der Waals surface area (Å²) in [6.07, 6.45) is -4.93. The molecule has 13 heteroatoms. The molecule has 6 N–H and O–H groups in total. The van der Waals surface area contributed by atoms with Crippen molar-refractivity contribution in [3.63, 3.8) is 0 Å². The first-order chi connectivity index (χ1) is 17.5. The van der Waals surface area contributed by atoms with Gasteiger partial charge in [-0.2, -0.15) is 23.4 Å². The second kappa shape index (κ2) is 11.3. The Labute approximate surface area is 210 Å². The maximum Gasteiger partial charge on any atom is 0.418 e. The molecule has 37 heavy (non-hydrogen) atoms. The zero-order valence-corrected chi connectivity index (χ0v) is 19.9. The third-order valence-corrected chi connectivity index (χ3v) is 6.16. The summed E-state index contributed by atoms with van der Waals surface area (Å²) in [6, 6.07) is 14.5. The molecule has 0 aliphatic carbocycles. The maximum atomic E-state index is 14.9. The number of rotatable bonds is 7. The lowest BCUT2D eigenvalue weighted by Crippen LogP contribution is -2.18. The van der Waals surface area contributed by atoms with E-state index in [0.717, 1.165) is 12.1 Å². The van der Waals surface area contributed by atoms with E-state index in [0.29, 0.717) is 0 Å². The van der Waals surface area contributed by atoms with Gasteiger partial charge in [-0.05, 0) is 47.9 Å². The minimum absolute atomic E-state index is 0.0125. The van der Waals surface area contributed by atoms with E-state index >= 15 is 0 Å². The largest absolute Gasteiger partial charge is 0.418 e. The number of hydrogen-bond donors (Lipinski definition) is 4. The maximum absolute atomic E-state index is 14.9. The van der Waals surface area contributed by atoms with Crippen LogP contribution >= 0.6 is 0 Å². The van der Waals surface area contributed by atoms with Crippen LogP contribution in [0.15, 0.2) is 82.6 Å². The van der Waals surface area contributed by atoms with Crippen molar-refractivity contribution in [2.24, 2.45) is 16.8 Å². The lowest BCUT2D eigenvalue weighted by atomic mass is 10.0. The van der Waals surface area contributed by atoms with Crippen molar-refractivity contribution < 1.29 is 36.1 Å². The number of nitrogens with two attached hydrogens (primary N) is 2. The van der Waals surface area contributed by atoms with E-state index in [4.69, 9.17) is 16.8 Å². The van der Waals surface area contributed by atoms with Gasteiger partial charge in [0.1, 0.15) is 0 Å². The molecule has 3 rings (SSSR count). The second-order valence-electron chi connectivity index (χ2n) is 7.54. The first kappa shape index (κ1) is 27.5. The molecule has 3 aromatic rings. The van der Waals surface area contributed by atoms with Gasteiger partial charge in [0.25, 0.3) is 5.91 Å². The summed E-state index contributed by atoms with van der Waals surface area (Å²) < 4.78 is 73.0. The van der Waals surface area contributed by atoms with Gasteiger partial charge in [0, 0.05) is 11.1 Å². The Morgan fingerprint density at radius 3 is 2.38 bits per heavy atom.